The molecular formula is C19H24FN3O2. The van der Waals surface area contributed by atoms with E-state index in [0.717, 1.165) is 13.1 Å². The third-order valence-corrected chi connectivity index (χ3v) is 4.57. The first-order valence-electron chi connectivity index (χ1n) is 8.87. The number of amides is 1. The van der Waals surface area contributed by atoms with Gasteiger partial charge in [0, 0.05) is 31.5 Å². The number of aryl methyl sites for hydroxylation is 1. The van der Waals surface area contributed by atoms with Gasteiger partial charge < -0.3 is 9.42 Å². The highest BCUT2D eigenvalue weighted by Gasteiger charge is 2.25. The molecule has 0 radical (unpaired) electrons. The minimum atomic E-state index is -0.299. The van der Waals surface area contributed by atoms with Gasteiger partial charge in [0.05, 0.1) is 0 Å². The molecule has 6 heteroatoms. The number of likely N-dealkylation sites (tertiary alicyclic amines) is 1. The number of benzene rings is 1. The van der Waals surface area contributed by atoms with Crippen LogP contribution in [0.2, 0.25) is 0 Å². The van der Waals surface area contributed by atoms with E-state index in [4.69, 9.17) is 4.52 Å². The fraction of sp³-hybridized carbons (Fsp3) is 0.526. The zero-order chi connectivity index (χ0) is 17.8. The number of nitrogens with zero attached hydrogens (tertiary/aromatic N) is 3. The van der Waals surface area contributed by atoms with E-state index in [2.05, 4.69) is 24.0 Å². The van der Waals surface area contributed by atoms with Crippen LogP contribution in [0.1, 0.15) is 39.0 Å². The number of halogens is 1. The first-order valence-corrected chi connectivity index (χ1v) is 8.87. The predicted octanol–water partition coefficient (Wildman–Crippen LogP) is 3.70. The molecule has 0 unspecified atom stereocenters. The van der Waals surface area contributed by atoms with Crippen molar-refractivity contribution in [2.75, 3.05) is 13.1 Å². The van der Waals surface area contributed by atoms with Crippen LogP contribution in [0.25, 0.3) is 11.4 Å². The van der Waals surface area contributed by atoms with Crippen molar-refractivity contribution < 1.29 is 13.7 Å². The van der Waals surface area contributed by atoms with Crippen molar-refractivity contribution in [2.24, 2.45) is 11.8 Å². The molecule has 1 aliphatic heterocycles. The van der Waals surface area contributed by atoms with Gasteiger partial charge in [0.1, 0.15) is 5.82 Å². The van der Waals surface area contributed by atoms with Gasteiger partial charge in [-0.05, 0) is 48.9 Å². The number of aromatic nitrogens is 2. The first-order chi connectivity index (χ1) is 12.0. The van der Waals surface area contributed by atoms with Crippen LogP contribution < -0.4 is 0 Å². The number of hydrogen-bond donors (Lipinski definition) is 0. The Morgan fingerprint density at radius 3 is 2.60 bits per heavy atom. The van der Waals surface area contributed by atoms with Gasteiger partial charge in [0.15, 0.2) is 0 Å². The van der Waals surface area contributed by atoms with Crippen LogP contribution in [0.3, 0.4) is 0 Å². The van der Waals surface area contributed by atoms with Gasteiger partial charge in [-0.25, -0.2) is 4.39 Å². The van der Waals surface area contributed by atoms with Crippen LogP contribution in [-0.2, 0) is 11.2 Å². The van der Waals surface area contributed by atoms with E-state index in [-0.39, 0.29) is 11.7 Å². The van der Waals surface area contributed by atoms with E-state index in [0.29, 0.717) is 48.4 Å². The lowest BCUT2D eigenvalue weighted by atomic mass is 9.91. The molecule has 5 nitrogen and oxygen atoms in total. The number of hydrogen-bond acceptors (Lipinski definition) is 4. The monoisotopic (exact) mass is 345 g/mol. The zero-order valence-electron chi connectivity index (χ0n) is 14.7. The second-order valence-corrected chi connectivity index (χ2v) is 7.12. The van der Waals surface area contributed by atoms with Crippen LogP contribution in [0.5, 0.6) is 0 Å². The summed E-state index contributed by atoms with van der Waals surface area (Å²) >= 11 is 0. The third-order valence-electron chi connectivity index (χ3n) is 4.57. The van der Waals surface area contributed by atoms with Crippen molar-refractivity contribution in [2.45, 2.75) is 39.5 Å². The summed E-state index contributed by atoms with van der Waals surface area (Å²) < 4.78 is 18.2. The second kappa shape index (κ2) is 7.76. The van der Waals surface area contributed by atoms with Gasteiger partial charge >= 0.3 is 0 Å². The minimum absolute atomic E-state index is 0.205. The first kappa shape index (κ1) is 17.6. The normalized spacial score (nSPS) is 20.7. The summed E-state index contributed by atoms with van der Waals surface area (Å²) in [6.07, 6.45) is 2.94. The lowest BCUT2D eigenvalue weighted by molar-refractivity contribution is -0.134. The summed E-state index contributed by atoms with van der Waals surface area (Å²) in [7, 11) is 0. The van der Waals surface area contributed by atoms with E-state index < -0.39 is 0 Å². The van der Waals surface area contributed by atoms with E-state index >= 15 is 0 Å². The van der Waals surface area contributed by atoms with E-state index in [1.807, 2.05) is 4.90 Å². The number of rotatable bonds is 5. The predicted molar refractivity (Wildman–Crippen MR) is 92.2 cm³/mol. The number of piperidine rings is 1. The molecular weight excluding hydrogens is 321 g/mol. The SMILES string of the molecule is C[C@@H]1C[C@@H](C)CN(C(=O)CCCc2nc(-c3ccc(F)cc3)no2)C1. The van der Waals surface area contributed by atoms with Gasteiger partial charge in [-0.1, -0.05) is 19.0 Å². The molecule has 1 saturated heterocycles. The minimum Gasteiger partial charge on any atom is -0.342 e. The lowest BCUT2D eigenvalue weighted by Crippen LogP contribution is -2.42. The Morgan fingerprint density at radius 1 is 1.24 bits per heavy atom. The van der Waals surface area contributed by atoms with Crippen molar-refractivity contribution in [1.29, 1.82) is 0 Å². The maximum atomic E-state index is 13.0. The smallest absolute Gasteiger partial charge is 0.226 e. The summed E-state index contributed by atoms with van der Waals surface area (Å²) in [5.74, 6) is 2.00. The Hall–Kier alpha value is -2.24. The van der Waals surface area contributed by atoms with Crippen LogP contribution in [0.4, 0.5) is 4.39 Å². The number of carbonyl (C=O) groups excluding carboxylic acids is 1. The van der Waals surface area contributed by atoms with Gasteiger partial charge in [0.25, 0.3) is 0 Å². The molecule has 1 aliphatic rings. The van der Waals surface area contributed by atoms with Gasteiger partial charge in [0.2, 0.25) is 17.6 Å². The van der Waals surface area contributed by atoms with Crippen molar-refractivity contribution >= 4 is 5.91 Å². The summed E-state index contributed by atoms with van der Waals surface area (Å²) in [5, 5.41) is 3.92. The van der Waals surface area contributed by atoms with Crippen molar-refractivity contribution in [3.8, 4) is 11.4 Å². The Bertz CT molecular complexity index is 704. The molecule has 25 heavy (non-hydrogen) atoms. The van der Waals surface area contributed by atoms with Crippen molar-refractivity contribution in [1.82, 2.24) is 15.0 Å². The summed E-state index contributed by atoms with van der Waals surface area (Å²) in [6, 6.07) is 5.97. The van der Waals surface area contributed by atoms with Gasteiger partial charge in [-0.2, -0.15) is 4.98 Å². The summed E-state index contributed by atoms with van der Waals surface area (Å²) in [4.78, 5) is 18.7. The highest BCUT2D eigenvalue weighted by molar-refractivity contribution is 5.76. The molecule has 1 aromatic carbocycles. The average Bonchev–Trinajstić information content (AvgIpc) is 3.03. The Kier molecular flexibility index (Phi) is 5.46. The molecule has 0 aliphatic carbocycles. The maximum Gasteiger partial charge on any atom is 0.226 e. The molecule has 1 amide bonds. The van der Waals surface area contributed by atoms with Crippen LogP contribution in [-0.4, -0.2) is 34.0 Å². The molecule has 2 heterocycles. The molecule has 2 aromatic rings. The second-order valence-electron chi connectivity index (χ2n) is 7.12. The average molecular weight is 345 g/mol. The fourth-order valence-electron chi connectivity index (χ4n) is 3.49. The lowest BCUT2D eigenvalue weighted by Gasteiger charge is -2.35. The quantitative estimate of drug-likeness (QED) is 0.829. The molecule has 0 N–H and O–H groups in total. The van der Waals surface area contributed by atoms with Gasteiger partial charge in [-0.15, -0.1) is 0 Å². The molecule has 1 fully saturated rings. The molecule has 134 valence electrons. The highest BCUT2D eigenvalue weighted by Crippen LogP contribution is 2.22. The fourth-order valence-corrected chi connectivity index (χ4v) is 3.49. The van der Waals surface area contributed by atoms with Gasteiger partial charge in [-0.3, -0.25) is 4.79 Å². The van der Waals surface area contributed by atoms with E-state index in [9.17, 15) is 9.18 Å². The topological polar surface area (TPSA) is 59.2 Å². The molecule has 2 atom stereocenters. The Balaban J connectivity index is 1.49. The van der Waals surface area contributed by atoms with Crippen LogP contribution >= 0.6 is 0 Å². The highest BCUT2D eigenvalue weighted by atomic mass is 19.1. The molecule has 0 spiro atoms. The third kappa shape index (κ3) is 4.65. The van der Waals surface area contributed by atoms with E-state index in [1.165, 1.54) is 18.6 Å². The molecule has 0 saturated carbocycles. The number of carbonyl (C=O) groups is 1. The van der Waals surface area contributed by atoms with Crippen molar-refractivity contribution in [3.05, 3.63) is 36.0 Å². The van der Waals surface area contributed by atoms with E-state index in [1.54, 1.807) is 12.1 Å². The van der Waals surface area contributed by atoms with Crippen molar-refractivity contribution in [3.63, 3.8) is 0 Å². The molecule has 3 rings (SSSR count). The van der Waals surface area contributed by atoms with Crippen LogP contribution in [0, 0.1) is 17.7 Å². The van der Waals surface area contributed by atoms with Crippen LogP contribution in [0.15, 0.2) is 28.8 Å². The maximum absolute atomic E-state index is 13.0. The molecule has 0 bridgehead atoms. The Labute approximate surface area is 147 Å². The summed E-state index contributed by atoms with van der Waals surface area (Å²) in [6.45, 7) is 6.12. The molecule has 1 aromatic heterocycles. The Morgan fingerprint density at radius 2 is 1.92 bits per heavy atom. The largest absolute Gasteiger partial charge is 0.342 e. The standard InChI is InChI=1S/C19H24FN3O2/c1-13-10-14(2)12-23(11-13)18(24)5-3-4-17-21-19(22-25-17)15-6-8-16(20)9-7-15/h6-9,13-14H,3-5,10-12H2,1-2H3/t13-,14-/m1/s1. The summed E-state index contributed by atoms with van der Waals surface area (Å²) in [5.41, 5.74) is 0.712. The zero-order valence-corrected chi connectivity index (χ0v) is 14.7.